The number of ether oxygens (including phenoxy) is 1. The first kappa shape index (κ1) is 17.3. The molecule has 0 bridgehead atoms. The lowest BCUT2D eigenvalue weighted by Gasteiger charge is -2.10. The van der Waals surface area contributed by atoms with Crippen molar-refractivity contribution in [2.75, 3.05) is 7.11 Å². The zero-order valence-electron chi connectivity index (χ0n) is 15.9. The molecule has 144 valence electrons. The first-order valence-corrected chi connectivity index (χ1v) is 9.08. The van der Waals surface area contributed by atoms with Gasteiger partial charge in [0.1, 0.15) is 23.5 Å². The molecule has 0 fully saturated rings. The van der Waals surface area contributed by atoms with Crippen molar-refractivity contribution in [3.8, 4) is 11.6 Å². The van der Waals surface area contributed by atoms with Crippen LogP contribution in [-0.4, -0.2) is 36.2 Å². The summed E-state index contributed by atoms with van der Waals surface area (Å²) in [6.07, 6.45) is 5.11. The van der Waals surface area contributed by atoms with E-state index in [9.17, 15) is 4.39 Å². The number of nitrogens with zero attached hydrogens (tertiary/aromatic N) is 6. The molecule has 0 unspecified atom stereocenters. The van der Waals surface area contributed by atoms with Crippen LogP contribution in [0.5, 0.6) is 5.88 Å². The third kappa shape index (κ3) is 2.80. The molecule has 29 heavy (non-hydrogen) atoms. The summed E-state index contributed by atoms with van der Waals surface area (Å²) in [7, 11) is 1.58. The topological polar surface area (TPSA) is 70.7 Å². The van der Waals surface area contributed by atoms with Crippen LogP contribution in [0.3, 0.4) is 0 Å². The molecule has 0 saturated carbocycles. The molecule has 0 aliphatic carbocycles. The number of benzene rings is 1. The number of aromatic nitrogens is 6. The lowest BCUT2D eigenvalue weighted by Crippen LogP contribution is -2.04. The van der Waals surface area contributed by atoms with Gasteiger partial charge in [-0.2, -0.15) is 4.98 Å². The average Bonchev–Trinajstić information content (AvgIpc) is 3.30. The summed E-state index contributed by atoms with van der Waals surface area (Å²) in [6.45, 7) is 2.27. The van der Waals surface area contributed by atoms with Gasteiger partial charge in [0.05, 0.1) is 36.6 Å². The van der Waals surface area contributed by atoms with Gasteiger partial charge in [-0.05, 0) is 25.1 Å². The second kappa shape index (κ2) is 6.66. The predicted molar refractivity (Wildman–Crippen MR) is 107 cm³/mol. The second-order valence-corrected chi connectivity index (χ2v) is 6.68. The summed E-state index contributed by atoms with van der Waals surface area (Å²) >= 11 is 0. The zero-order valence-corrected chi connectivity index (χ0v) is 15.9. The van der Waals surface area contributed by atoms with Crippen LogP contribution in [0.4, 0.5) is 4.39 Å². The highest BCUT2D eigenvalue weighted by Crippen LogP contribution is 2.27. The molecule has 0 amide bonds. The summed E-state index contributed by atoms with van der Waals surface area (Å²) < 4.78 is 23.5. The van der Waals surface area contributed by atoms with Gasteiger partial charge in [0, 0.05) is 11.8 Å². The first-order chi connectivity index (χ1) is 14.2. The van der Waals surface area contributed by atoms with Gasteiger partial charge >= 0.3 is 0 Å². The van der Waals surface area contributed by atoms with Crippen molar-refractivity contribution in [1.82, 2.24) is 29.1 Å². The standard InChI is InChI=1S/C21H17FN6O/c1-13-26-20-18(28(13)11-14-5-3-4-6-16(14)22)9-15(10-23-20)27-8-7-17-19(27)21(29-2)25-12-24-17/h3-10,12H,11H2,1-2H3. The maximum absolute atomic E-state index is 14.2. The molecule has 5 aromatic rings. The van der Waals surface area contributed by atoms with E-state index in [4.69, 9.17) is 4.74 Å². The van der Waals surface area contributed by atoms with Crippen molar-refractivity contribution in [3.05, 3.63) is 72.3 Å². The van der Waals surface area contributed by atoms with Crippen molar-refractivity contribution in [2.24, 2.45) is 0 Å². The third-order valence-corrected chi connectivity index (χ3v) is 4.98. The predicted octanol–water partition coefficient (Wildman–Crippen LogP) is 3.67. The Hall–Kier alpha value is -3.81. The Bertz CT molecular complexity index is 1360. The minimum atomic E-state index is -0.240. The second-order valence-electron chi connectivity index (χ2n) is 6.68. The fraction of sp³-hybridized carbons (Fsp3) is 0.143. The summed E-state index contributed by atoms with van der Waals surface area (Å²) in [4.78, 5) is 17.5. The molecule has 4 heterocycles. The summed E-state index contributed by atoms with van der Waals surface area (Å²) in [6, 6.07) is 10.6. The summed E-state index contributed by atoms with van der Waals surface area (Å²) in [5.41, 5.74) is 4.38. The molecule has 5 rings (SSSR count). The number of imidazole rings is 1. The van der Waals surface area contributed by atoms with Crippen LogP contribution in [0.15, 0.2) is 55.1 Å². The van der Waals surface area contributed by atoms with Crippen molar-refractivity contribution in [1.29, 1.82) is 0 Å². The Kier molecular flexibility index (Phi) is 3.97. The van der Waals surface area contributed by atoms with Crippen molar-refractivity contribution >= 4 is 22.2 Å². The van der Waals surface area contributed by atoms with E-state index in [0.717, 1.165) is 28.1 Å². The van der Waals surface area contributed by atoms with Crippen LogP contribution in [0.1, 0.15) is 11.4 Å². The van der Waals surface area contributed by atoms with Gasteiger partial charge in [-0.3, -0.25) is 0 Å². The van der Waals surface area contributed by atoms with Gasteiger partial charge in [-0.1, -0.05) is 18.2 Å². The Morgan fingerprint density at radius 2 is 1.97 bits per heavy atom. The summed E-state index contributed by atoms with van der Waals surface area (Å²) in [5, 5.41) is 0. The average molecular weight is 388 g/mol. The van der Waals surface area contributed by atoms with E-state index in [0.29, 0.717) is 23.6 Å². The lowest BCUT2D eigenvalue weighted by molar-refractivity contribution is 0.401. The van der Waals surface area contributed by atoms with E-state index in [-0.39, 0.29) is 5.82 Å². The fourth-order valence-corrected chi connectivity index (χ4v) is 3.54. The number of hydrogen-bond acceptors (Lipinski definition) is 5. The summed E-state index contributed by atoms with van der Waals surface area (Å²) in [5.74, 6) is 1.01. The van der Waals surface area contributed by atoms with Crippen molar-refractivity contribution in [2.45, 2.75) is 13.5 Å². The van der Waals surface area contributed by atoms with Gasteiger partial charge in [-0.15, -0.1) is 0 Å². The van der Waals surface area contributed by atoms with Gasteiger partial charge in [0.25, 0.3) is 0 Å². The van der Waals surface area contributed by atoms with Crippen LogP contribution in [0.2, 0.25) is 0 Å². The maximum atomic E-state index is 14.2. The molecular formula is C21H17FN6O. The molecule has 0 radical (unpaired) electrons. The van der Waals surface area contributed by atoms with Crippen LogP contribution in [0, 0.1) is 12.7 Å². The highest BCUT2D eigenvalue weighted by Gasteiger charge is 2.15. The molecule has 7 nitrogen and oxygen atoms in total. The molecule has 0 saturated heterocycles. The van der Waals surface area contributed by atoms with Gasteiger partial charge in [-0.25, -0.2) is 19.3 Å². The van der Waals surface area contributed by atoms with Crippen LogP contribution >= 0.6 is 0 Å². The molecule has 0 atom stereocenters. The number of halogens is 1. The smallest absolute Gasteiger partial charge is 0.241 e. The number of aryl methyl sites for hydroxylation is 1. The monoisotopic (exact) mass is 388 g/mol. The molecule has 1 aromatic carbocycles. The fourth-order valence-electron chi connectivity index (χ4n) is 3.54. The maximum Gasteiger partial charge on any atom is 0.241 e. The van der Waals surface area contributed by atoms with Gasteiger partial charge in [0.15, 0.2) is 5.65 Å². The van der Waals surface area contributed by atoms with E-state index in [1.54, 1.807) is 25.4 Å². The van der Waals surface area contributed by atoms with Gasteiger partial charge in [0.2, 0.25) is 5.88 Å². The molecule has 4 aromatic heterocycles. The largest absolute Gasteiger partial charge is 0.479 e. The molecule has 0 aliphatic heterocycles. The number of fused-ring (bicyclic) bond motifs is 2. The van der Waals surface area contributed by atoms with Crippen LogP contribution in [-0.2, 0) is 6.54 Å². The first-order valence-electron chi connectivity index (χ1n) is 9.08. The third-order valence-electron chi connectivity index (χ3n) is 4.98. The molecule has 0 spiro atoms. The molecule has 0 aliphatic rings. The highest BCUT2D eigenvalue weighted by molar-refractivity contribution is 5.83. The van der Waals surface area contributed by atoms with Gasteiger partial charge < -0.3 is 13.9 Å². The molecular weight excluding hydrogens is 371 g/mol. The quantitative estimate of drug-likeness (QED) is 0.470. The molecule has 0 N–H and O–H groups in total. The Balaban J connectivity index is 1.67. The van der Waals surface area contributed by atoms with Crippen LogP contribution < -0.4 is 4.74 Å². The van der Waals surface area contributed by atoms with E-state index in [1.165, 1.54) is 12.4 Å². The highest BCUT2D eigenvalue weighted by atomic mass is 19.1. The van der Waals surface area contributed by atoms with E-state index in [1.807, 2.05) is 40.5 Å². The molecule has 8 heteroatoms. The lowest BCUT2D eigenvalue weighted by atomic mass is 10.2. The number of pyridine rings is 1. The minimum Gasteiger partial charge on any atom is -0.479 e. The number of methoxy groups -OCH3 is 1. The number of rotatable bonds is 4. The number of hydrogen-bond donors (Lipinski definition) is 0. The van der Waals surface area contributed by atoms with Crippen molar-refractivity contribution in [3.63, 3.8) is 0 Å². The Labute approximate surface area is 165 Å². The van der Waals surface area contributed by atoms with Crippen LogP contribution in [0.25, 0.3) is 27.9 Å². The Morgan fingerprint density at radius 1 is 1.10 bits per heavy atom. The Morgan fingerprint density at radius 3 is 2.79 bits per heavy atom. The SMILES string of the molecule is COc1ncnc2ccn(-c3cnc4nc(C)n(Cc5ccccc5F)c4c3)c12. The minimum absolute atomic E-state index is 0.240. The zero-order chi connectivity index (χ0) is 20.0. The van der Waals surface area contributed by atoms with E-state index < -0.39 is 0 Å². The van der Waals surface area contributed by atoms with E-state index >= 15 is 0 Å². The van der Waals surface area contributed by atoms with E-state index in [2.05, 4.69) is 19.9 Å². The van der Waals surface area contributed by atoms with Crippen molar-refractivity contribution < 1.29 is 9.13 Å². The normalized spacial score (nSPS) is 11.4.